The van der Waals surface area contributed by atoms with Crippen LogP contribution in [0.2, 0.25) is 0 Å². The minimum absolute atomic E-state index is 0.354. The highest BCUT2D eigenvalue weighted by molar-refractivity contribution is 5.29. The third-order valence-electron chi connectivity index (χ3n) is 3.91. The molecule has 0 amide bonds. The van der Waals surface area contributed by atoms with Gasteiger partial charge in [-0.05, 0) is 44.7 Å². The van der Waals surface area contributed by atoms with Gasteiger partial charge in [-0.2, -0.15) is 0 Å². The van der Waals surface area contributed by atoms with Gasteiger partial charge in [0.1, 0.15) is 5.82 Å². The van der Waals surface area contributed by atoms with Crippen LogP contribution >= 0.6 is 0 Å². The molecule has 1 saturated carbocycles. The Morgan fingerprint density at radius 1 is 1.18 bits per heavy atom. The van der Waals surface area contributed by atoms with E-state index in [1.54, 1.807) is 0 Å². The van der Waals surface area contributed by atoms with Gasteiger partial charge in [-0.3, -0.25) is 0 Å². The second-order valence-corrected chi connectivity index (χ2v) is 5.28. The second kappa shape index (κ2) is 5.13. The Bertz CT molecular complexity index is 371. The topological polar surface area (TPSA) is 51.8 Å². The van der Waals surface area contributed by atoms with Gasteiger partial charge in [-0.15, -0.1) is 0 Å². The molecule has 94 valence electrons. The number of hydrogen-bond donors (Lipinski definition) is 1. The van der Waals surface area contributed by atoms with Crippen molar-refractivity contribution < 1.29 is 0 Å². The summed E-state index contributed by atoms with van der Waals surface area (Å²) in [6.45, 7) is 6.99. The molecule has 1 atom stereocenters. The van der Waals surface area contributed by atoms with E-state index in [0.29, 0.717) is 18.4 Å². The van der Waals surface area contributed by atoms with Crippen molar-refractivity contribution in [2.24, 2.45) is 5.73 Å². The van der Waals surface area contributed by atoms with E-state index < -0.39 is 0 Å². The normalized spacial score (nSPS) is 18.6. The number of nitrogens with zero attached hydrogens (tertiary/aromatic N) is 2. The Morgan fingerprint density at radius 3 is 2.18 bits per heavy atom. The average molecular weight is 233 g/mol. The first-order valence-electron chi connectivity index (χ1n) is 6.68. The van der Waals surface area contributed by atoms with Crippen LogP contribution in [0.1, 0.15) is 67.2 Å². The van der Waals surface area contributed by atoms with Gasteiger partial charge in [0.05, 0.1) is 0 Å². The van der Waals surface area contributed by atoms with Crippen LogP contribution in [0.25, 0.3) is 0 Å². The fourth-order valence-electron chi connectivity index (χ4n) is 2.95. The molecule has 0 radical (unpaired) electrons. The summed E-state index contributed by atoms with van der Waals surface area (Å²) in [6, 6.07) is 0. The summed E-state index contributed by atoms with van der Waals surface area (Å²) in [4.78, 5) is 9.44. The zero-order valence-corrected chi connectivity index (χ0v) is 11.2. The highest BCUT2D eigenvalue weighted by Crippen LogP contribution is 2.33. The SMILES string of the molecule is Cc1nc(C2CCCC2)nc(C)c1C(C)CN. The van der Waals surface area contributed by atoms with Crippen molar-refractivity contribution in [3.63, 3.8) is 0 Å². The number of nitrogens with two attached hydrogens (primary N) is 1. The van der Waals surface area contributed by atoms with Gasteiger partial charge >= 0.3 is 0 Å². The number of hydrogen-bond acceptors (Lipinski definition) is 3. The smallest absolute Gasteiger partial charge is 0.131 e. The van der Waals surface area contributed by atoms with E-state index in [-0.39, 0.29) is 0 Å². The van der Waals surface area contributed by atoms with Gasteiger partial charge in [-0.1, -0.05) is 19.8 Å². The Hall–Kier alpha value is -0.960. The number of aromatic nitrogens is 2. The molecule has 1 aromatic rings. The summed E-state index contributed by atoms with van der Waals surface area (Å²) < 4.78 is 0. The van der Waals surface area contributed by atoms with E-state index in [0.717, 1.165) is 17.2 Å². The Balaban J connectivity index is 2.33. The zero-order valence-electron chi connectivity index (χ0n) is 11.2. The van der Waals surface area contributed by atoms with Crippen molar-refractivity contribution >= 4 is 0 Å². The Labute approximate surface area is 104 Å². The van der Waals surface area contributed by atoms with Crippen molar-refractivity contribution in [3.05, 3.63) is 22.8 Å². The largest absolute Gasteiger partial charge is 0.330 e. The molecule has 17 heavy (non-hydrogen) atoms. The maximum atomic E-state index is 5.75. The van der Waals surface area contributed by atoms with Crippen molar-refractivity contribution in [2.45, 2.75) is 58.3 Å². The molecule has 3 heteroatoms. The molecule has 1 heterocycles. The van der Waals surface area contributed by atoms with E-state index in [9.17, 15) is 0 Å². The molecule has 1 aliphatic carbocycles. The molecule has 0 aromatic carbocycles. The number of aryl methyl sites for hydroxylation is 2. The lowest BCUT2D eigenvalue weighted by atomic mass is 9.97. The minimum Gasteiger partial charge on any atom is -0.330 e. The third-order valence-corrected chi connectivity index (χ3v) is 3.91. The highest BCUT2D eigenvalue weighted by atomic mass is 14.9. The van der Waals surface area contributed by atoms with Crippen LogP contribution in [0.15, 0.2) is 0 Å². The molecule has 3 nitrogen and oxygen atoms in total. The Kier molecular flexibility index (Phi) is 3.77. The summed E-state index contributed by atoms with van der Waals surface area (Å²) in [5.74, 6) is 2.01. The van der Waals surface area contributed by atoms with Crippen LogP contribution in [0, 0.1) is 13.8 Å². The van der Waals surface area contributed by atoms with Gasteiger partial charge in [0.15, 0.2) is 0 Å². The fraction of sp³-hybridized carbons (Fsp3) is 0.714. The Morgan fingerprint density at radius 2 is 1.71 bits per heavy atom. The first-order chi connectivity index (χ1) is 8.13. The maximum absolute atomic E-state index is 5.75. The van der Waals surface area contributed by atoms with Crippen molar-refractivity contribution in [1.29, 1.82) is 0 Å². The van der Waals surface area contributed by atoms with E-state index in [4.69, 9.17) is 15.7 Å². The van der Waals surface area contributed by atoms with Gasteiger partial charge in [0.25, 0.3) is 0 Å². The second-order valence-electron chi connectivity index (χ2n) is 5.28. The first kappa shape index (κ1) is 12.5. The molecule has 1 aromatic heterocycles. The van der Waals surface area contributed by atoms with Crippen LogP contribution in [0.4, 0.5) is 0 Å². The molecule has 0 saturated heterocycles. The fourth-order valence-corrected chi connectivity index (χ4v) is 2.95. The quantitative estimate of drug-likeness (QED) is 0.873. The standard InChI is InChI=1S/C14H23N3/c1-9(8-15)13-10(2)16-14(17-11(13)3)12-6-4-5-7-12/h9,12H,4-8,15H2,1-3H3. The van der Waals surface area contributed by atoms with Crippen molar-refractivity contribution in [3.8, 4) is 0 Å². The molecular formula is C14H23N3. The zero-order chi connectivity index (χ0) is 12.4. The van der Waals surface area contributed by atoms with E-state index in [2.05, 4.69) is 20.8 Å². The highest BCUT2D eigenvalue weighted by Gasteiger charge is 2.22. The first-order valence-corrected chi connectivity index (χ1v) is 6.68. The van der Waals surface area contributed by atoms with Gasteiger partial charge in [-0.25, -0.2) is 9.97 Å². The number of rotatable bonds is 3. The summed E-state index contributed by atoms with van der Waals surface area (Å²) in [6.07, 6.45) is 5.16. The van der Waals surface area contributed by atoms with Gasteiger partial charge in [0, 0.05) is 17.3 Å². The molecule has 0 bridgehead atoms. The van der Waals surface area contributed by atoms with E-state index >= 15 is 0 Å². The molecule has 1 unspecified atom stereocenters. The monoisotopic (exact) mass is 233 g/mol. The van der Waals surface area contributed by atoms with Crippen LogP contribution in [-0.2, 0) is 0 Å². The predicted octanol–water partition coefficient (Wildman–Crippen LogP) is 2.81. The molecular weight excluding hydrogens is 210 g/mol. The van der Waals surface area contributed by atoms with E-state index in [1.165, 1.54) is 31.2 Å². The molecule has 1 aliphatic rings. The van der Waals surface area contributed by atoms with Crippen LogP contribution in [0.5, 0.6) is 0 Å². The summed E-state index contributed by atoms with van der Waals surface area (Å²) in [5, 5.41) is 0. The van der Waals surface area contributed by atoms with Crippen molar-refractivity contribution in [2.75, 3.05) is 6.54 Å². The molecule has 2 N–H and O–H groups in total. The van der Waals surface area contributed by atoms with Crippen molar-refractivity contribution in [1.82, 2.24) is 9.97 Å². The lowest BCUT2D eigenvalue weighted by Crippen LogP contribution is -2.15. The lowest BCUT2D eigenvalue weighted by molar-refractivity contribution is 0.646. The van der Waals surface area contributed by atoms with E-state index in [1.807, 2.05) is 0 Å². The third kappa shape index (κ3) is 2.49. The van der Waals surface area contributed by atoms with Crippen LogP contribution in [0.3, 0.4) is 0 Å². The molecule has 2 rings (SSSR count). The summed E-state index contributed by atoms with van der Waals surface area (Å²) in [5.41, 5.74) is 9.24. The maximum Gasteiger partial charge on any atom is 0.131 e. The predicted molar refractivity (Wildman–Crippen MR) is 70.2 cm³/mol. The van der Waals surface area contributed by atoms with Gasteiger partial charge in [0.2, 0.25) is 0 Å². The van der Waals surface area contributed by atoms with Crippen LogP contribution in [-0.4, -0.2) is 16.5 Å². The molecule has 0 aliphatic heterocycles. The molecule has 1 fully saturated rings. The summed E-state index contributed by atoms with van der Waals surface area (Å²) in [7, 11) is 0. The average Bonchev–Trinajstić information content (AvgIpc) is 2.81. The van der Waals surface area contributed by atoms with Crippen LogP contribution < -0.4 is 5.73 Å². The minimum atomic E-state index is 0.354. The lowest BCUT2D eigenvalue weighted by Gasteiger charge is -2.17. The summed E-state index contributed by atoms with van der Waals surface area (Å²) >= 11 is 0. The van der Waals surface area contributed by atoms with Gasteiger partial charge < -0.3 is 5.73 Å². The molecule has 0 spiro atoms.